The van der Waals surface area contributed by atoms with E-state index in [1.54, 1.807) is 7.05 Å². The van der Waals surface area contributed by atoms with Crippen molar-refractivity contribution in [2.45, 2.75) is 45.8 Å². The monoisotopic (exact) mass is 390 g/mol. The zero-order chi connectivity index (χ0) is 20.2. The van der Waals surface area contributed by atoms with Gasteiger partial charge >= 0.3 is 0 Å². The third kappa shape index (κ3) is 7.86. The van der Waals surface area contributed by atoms with Gasteiger partial charge in [0.2, 0.25) is 5.91 Å². The molecule has 7 heteroatoms. The summed E-state index contributed by atoms with van der Waals surface area (Å²) in [7, 11) is 1.75. The summed E-state index contributed by atoms with van der Waals surface area (Å²) in [6.45, 7) is 7.60. The van der Waals surface area contributed by atoms with Gasteiger partial charge in [0.1, 0.15) is 0 Å². The third-order valence-corrected chi connectivity index (χ3v) is 4.79. The number of hydrogen-bond acceptors (Lipinski definition) is 4. The SMILES string of the molecule is CCC(C)C(=O)Nc1cccc(CNC(=NC)NCCCOC2CCOC2)c1. The van der Waals surface area contributed by atoms with Crippen LogP contribution in [-0.2, 0) is 20.8 Å². The molecule has 0 bridgehead atoms. The van der Waals surface area contributed by atoms with Crippen LogP contribution in [0.5, 0.6) is 0 Å². The minimum atomic E-state index is 0.00924. The minimum Gasteiger partial charge on any atom is -0.379 e. The van der Waals surface area contributed by atoms with E-state index in [4.69, 9.17) is 9.47 Å². The molecule has 2 atom stereocenters. The summed E-state index contributed by atoms with van der Waals surface area (Å²) in [4.78, 5) is 16.3. The van der Waals surface area contributed by atoms with E-state index in [0.717, 1.165) is 56.2 Å². The van der Waals surface area contributed by atoms with Gasteiger partial charge in [-0.25, -0.2) is 0 Å². The maximum atomic E-state index is 12.0. The van der Waals surface area contributed by atoms with Gasteiger partial charge in [-0.2, -0.15) is 0 Å². The van der Waals surface area contributed by atoms with Crippen LogP contribution in [0.1, 0.15) is 38.7 Å². The minimum absolute atomic E-state index is 0.00924. The lowest BCUT2D eigenvalue weighted by Gasteiger charge is -2.14. The number of aliphatic imine (C=N–C) groups is 1. The van der Waals surface area contributed by atoms with E-state index in [1.165, 1.54) is 0 Å². The van der Waals surface area contributed by atoms with Gasteiger partial charge in [0.25, 0.3) is 0 Å². The van der Waals surface area contributed by atoms with E-state index in [1.807, 2.05) is 38.1 Å². The number of nitrogens with one attached hydrogen (secondary N) is 3. The zero-order valence-corrected chi connectivity index (χ0v) is 17.3. The number of carbonyl (C=O) groups excluding carboxylic acids is 1. The van der Waals surface area contributed by atoms with Gasteiger partial charge in [0, 0.05) is 45.0 Å². The van der Waals surface area contributed by atoms with Crippen LogP contribution in [0.4, 0.5) is 5.69 Å². The highest BCUT2D eigenvalue weighted by molar-refractivity contribution is 5.92. The predicted octanol–water partition coefficient (Wildman–Crippen LogP) is 2.53. The number of carbonyl (C=O) groups is 1. The fourth-order valence-corrected chi connectivity index (χ4v) is 2.79. The zero-order valence-electron chi connectivity index (χ0n) is 17.3. The van der Waals surface area contributed by atoms with Gasteiger partial charge in [0.05, 0.1) is 12.7 Å². The highest BCUT2D eigenvalue weighted by Gasteiger charge is 2.15. The molecule has 0 saturated carbocycles. The summed E-state index contributed by atoms with van der Waals surface area (Å²) >= 11 is 0. The lowest BCUT2D eigenvalue weighted by molar-refractivity contribution is -0.119. The van der Waals surface area contributed by atoms with Gasteiger partial charge < -0.3 is 25.4 Å². The third-order valence-electron chi connectivity index (χ3n) is 4.79. The van der Waals surface area contributed by atoms with Crippen molar-refractivity contribution in [3.63, 3.8) is 0 Å². The van der Waals surface area contributed by atoms with Gasteiger partial charge in [-0.05, 0) is 37.0 Å². The Morgan fingerprint density at radius 2 is 2.25 bits per heavy atom. The van der Waals surface area contributed by atoms with E-state index in [9.17, 15) is 4.79 Å². The summed E-state index contributed by atoms with van der Waals surface area (Å²) in [5.74, 6) is 0.810. The highest BCUT2D eigenvalue weighted by atomic mass is 16.5. The number of hydrogen-bond donors (Lipinski definition) is 3. The molecule has 1 aromatic carbocycles. The smallest absolute Gasteiger partial charge is 0.227 e. The van der Waals surface area contributed by atoms with Crippen molar-refractivity contribution in [2.24, 2.45) is 10.9 Å². The molecule has 28 heavy (non-hydrogen) atoms. The van der Waals surface area contributed by atoms with E-state index in [2.05, 4.69) is 20.9 Å². The maximum Gasteiger partial charge on any atom is 0.227 e. The molecule has 1 amide bonds. The first-order valence-corrected chi connectivity index (χ1v) is 10.2. The Morgan fingerprint density at radius 3 is 2.96 bits per heavy atom. The average Bonchev–Trinajstić information content (AvgIpc) is 3.23. The number of rotatable bonds is 10. The van der Waals surface area contributed by atoms with Crippen LogP contribution in [0.3, 0.4) is 0 Å². The van der Waals surface area contributed by atoms with E-state index < -0.39 is 0 Å². The van der Waals surface area contributed by atoms with Crippen molar-refractivity contribution >= 4 is 17.6 Å². The molecule has 1 aliphatic heterocycles. The summed E-state index contributed by atoms with van der Waals surface area (Å²) in [5, 5.41) is 9.56. The molecule has 0 aliphatic carbocycles. The van der Waals surface area contributed by atoms with Gasteiger partial charge in [-0.3, -0.25) is 9.79 Å². The van der Waals surface area contributed by atoms with Crippen LogP contribution < -0.4 is 16.0 Å². The molecule has 7 nitrogen and oxygen atoms in total. The van der Waals surface area contributed by atoms with Crippen LogP contribution in [-0.4, -0.2) is 51.4 Å². The van der Waals surface area contributed by atoms with Crippen molar-refractivity contribution < 1.29 is 14.3 Å². The van der Waals surface area contributed by atoms with Crippen molar-refractivity contribution in [1.29, 1.82) is 0 Å². The Morgan fingerprint density at radius 1 is 1.39 bits per heavy atom. The van der Waals surface area contributed by atoms with Gasteiger partial charge in [-0.15, -0.1) is 0 Å². The molecule has 1 saturated heterocycles. The Balaban J connectivity index is 1.69. The molecule has 0 spiro atoms. The number of benzene rings is 1. The second-order valence-corrected chi connectivity index (χ2v) is 7.06. The molecule has 1 heterocycles. The van der Waals surface area contributed by atoms with Gasteiger partial charge in [-0.1, -0.05) is 26.0 Å². The first kappa shape index (κ1) is 22.2. The lowest BCUT2D eigenvalue weighted by Crippen LogP contribution is -2.37. The Bertz CT molecular complexity index is 630. The topological polar surface area (TPSA) is 84.0 Å². The van der Waals surface area contributed by atoms with Crippen molar-refractivity contribution in [2.75, 3.05) is 38.7 Å². The summed E-state index contributed by atoms with van der Waals surface area (Å²) < 4.78 is 11.1. The first-order valence-electron chi connectivity index (χ1n) is 10.2. The van der Waals surface area contributed by atoms with Crippen LogP contribution >= 0.6 is 0 Å². The second-order valence-electron chi connectivity index (χ2n) is 7.06. The normalized spacial score (nSPS) is 18.0. The number of anilines is 1. The number of nitrogens with zero attached hydrogens (tertiary/aromatic N) is 1. The molecule has 2 rings (SSSR count). The lowest BCUT2D eigenvalue weighted by atomic mass is 10.1. The predicted molar refractivity (Wildman–Crippen MR) is 113 cm³/mol. The van der Waals surface area contributed by atoms with Crippen LogP contribution in [0.25, 0.3) is 0 Å². The fraction of sp³-hybridized carbons (Fsp3) is 0.619. The van der Waals surface area contributed by atoms with E-state index in [-0.39, 0.29) is 17.9 Å². The number of ether oxygens (including phenoxy) is 2. The number of guanidine groups is 1. The molecule has 0 aromatic heterocycles. The molecular weight excluding hydrogens is 356 g/mol. The second kappa shape index (κ2) is 12.4. The van der Waals surface area contributed by atoms with E-state index >= 15 is 0 Å². The first-order chi connectivity index (χ1) is 13.6. The molecule has 0 radical (unpaired) electrons. The fourth-order valence-electron chi connectivity index (χ4n) is 2.79. The molecular formula is C21H34N4O3. The maximum absolute atomic E-state index is 12.0. The summed E-state index contributed by atoms with van der Waals surface area (Å²) in [6, 6.07) is 7.87. The van der Waals surface area contributed by atoms with Crippen LogP contribution in [0, 0.1) is 5.92 Å². The summed E-state index contributed by atoms with van der Waals surface area (Å²) in [6.07, 6.45) is 2.99. The quantitative estimate of drug-likeness (QED) is 0.325. The van der Waals surface area contributed by atoms with Crippen molar-refractivity contribution in [3.05, 3.63) is 29.8 Å². The Labute approximate surface area is 168 Å². The Hall–Kier alpha value is -2.12. The molecule has 1 fully saturated rings. The molecule has 1 aliphatic rings. The molecule has 2 unspecified atom stereocenters. The van der Waals surface area contributed by atoms with E-state index in [0.29, 0.717) is 13.2 Å². The van der Waals surface area contributed by atoms with Crippen LogP contribution in [0.2, 0.25) is 0 Å². The molecule has 3 N–H and O–H groups in total. The molecule has 1 aromatic rings. The highest BCUT2D eigenvalue weighted by Crippen LogP contribution is 2.13. The summed E-state index contributed by atoms with van der Waals surface area (Å²) in [5.41, 5.74) is 1.90. The van der Waals surface area contributed by atoms with Crippen LogP contribution in [0.15, 0.2) is 29.3 Å². The average molecular weight is 391 g/mol. The van der Waals surface area contributed by atoms with Crippen molar-refractivity contribution in [3.8, 4) is 0 Å². The Kier molecular flexibility index (Phi) is 9.79. The standard InChI is InChI=1S/C21H34N4O3/c1-4-16(2)20(26)25-18-8-5-7-17(13-18)14-24-21(22-3)23-10-6-11-28-19-9-12-27-15-19/h5,7-8,13,16,19H,4,6,9-12,14-15H2,1-3H3,(H,25,26)(H2,22,23,24). The van der Waals surface area contributed by atoms with Gasteiger partial charge in [0.15, 0.2) is 5.96 Å². The van der Waals surface area contributed by atoms with Crippen molar-refractivity contribution in [1.82, 2.24) is 10.6 Å². The molecule has 156 valence electrons. The number of amides is 1. The largest absolute Gasteiger partial charge is 0.379 e.